The second-order valence-corrected chi connectivity index (χ2v) is 3.06. The molecule has 0 aromatic rings. The molecule has 1 aliphatic rings. The van der Waals surface area contributed by atoms with E-state index in [2.05, 4.69) is 10.1 Å². The Labute approximate surface area is 71.3 Å². The molecular formula is C8H13NO3. The van der Waals surface area contributed by atoms with Crippen LogP contribution >= 0.6 is 0 Å². The van der Waals surface area contributed by atoms with E-state index < -0.39 is 11.9 Å². The van der Waals surface area contributed by atoms with Crippen LogP contribution < -0.4 is 5.32 Å². The number of carbonyl (C=O) groups is 2. The van der Waals surface area contributed by atoms with E-state index >= 15 is 0 Å². The quantitative estimate of drug-likeness (QED) is 0.449. The monoisotopic (exact) mass is 171 g/mol. The Morgan fingerprint density at radius 3 is 2.75 bits per heavy atom. The highest BCUT2D eigenvalue weighted by atomic mass is 16.5. The van der Waals surface area contributed by atoms with Gasteiger partial charge in [0.05, 0.1) is 7.11 Å². The third kappa shape index (κ3) is 1.75. The van der Waals surface area contributed by atoms with E-state index in [-0.39, 0.29) is 11.9 Å². The third-order valence-corrected chi connectivity index (χ3v) is 2.08. The van der Waals surface area contributed by atoms with Gasteiger partial charge in [-0.15, -0.1) is 0 Å². The van der Waals surface area contributed by atoms with Crippen LogP contribution in [0.2, 0.25) is 0 Å². The maximum Gasteiger partial charge on any atom is 0.318 e. The lowest BCUT2D eigenvalue weighted by atomic mass is 9.95. The molecule has 1 saturated heterocycles. The molecule has 1 heterocycles. The van der Waals surface area contributed by atoms with Gasteiger partial charge >= 0.3 is 5.97 Å². The minimum atomic E-state index is -0.591. The second kappa shape index (κ2) is 3.56. The molecule has 0 radical (unpaired) electrons. The fraction of sp³-hybridized carbons (Fsp3) is 0.750. The van der Waals surface area contributed by atoms with E-state index in [9.17, 15) is 9.59 Å². The highest BCUT2D eigenvalue weighted by molar-refractivity contribution is 5.98. The van der Waals surface area contributed by atoms with Crippen molar-refractivity contribution < 1.29 is 14.3 Å². The van der Waals surface area contributed by atoms with Crippen LogP contribution in [0.25, 0.3) is 0 Å². The van der Waals surface area contributed by atoms with Gasteiger partial charge in [0, 0.05) is 6.04 Å². The fourth-order valence-electron chi connectivity index (χ4n) is 1.33. The van der Waals surface area contributed by atoms with Crippen molar-refractivity contribution >= 4 is 11.9 Å². The number of esters is 1. The van der Waals surface area contributed by atoms with Crippen LogP contribution in [0.4, 0.5) is 0 Å². The topological polar surface area (TPSA) is 55.4 Å². The Morgan fingerprint density at radius 2 is 2.25 bits per heavy atom. The maximum atomic E-state index is 11.2. The van der Waals surface area contributed by atoms with Crippen molar-refractivity contribution in [1.82, 2.24) is 5.32 Å². The minimum absolute atomic E-state index is 0.179. The lowest BCUT2D eigenvalue weighted by molar-refractivity contribution is -0.151. The lowest BCUT2D eigenvalue weighted by Gasteiger charge is -2.24. The number of rotatable bonds is 1. The molecule has 1 N–H and O–H groups in total. The first-order valence-corrected chi connectivity index (χ1v) is 4.03. The van der Waals surface area contributed by atoms with Crippen LogP contribution in [0.5, 0.6) is 0 Å². The zero-order valence-corrected chi connectivity index (χ0v) is 7.29. The second-order valence-electron chi connectivity index (χ2n) is 3.06. The molecule has 4 heteroatoms. The van der Waals surface area contributed by atoms with Gasteiger partial charge < -0.3 is 10.1 Å². The SMILES string of the molecule is COC(=O)[C@H]1CC[C@@H](C)NC1=O. The number of piperidine rings is 1. The van der Waals surface area contributed by atoms with Crippen molar-refractivity contribution in [3.05, 3.63) is 0 Å². The van der Waals surface area contributed by atoms with Crippen LogP contribution in [-0.2, 0) is 14.3 Å². The molecule has 0 spiro atoms. The first-order chi connectivity index (χ1) is 5.65. The normalized spacial score (nSPS) is 29.3. The molecule has 68 valence electrons. The zero-order valence-electron chi connectivity index (χ0n) is 7.29. The lowest BCUT2D eigenvalue weighted by Crippen LogP contribution is -2.45. The number of nitrogens with one attached hydrogen (secondary N) is 1. The Balaban J connectivity index is 2.56. The smallest absolute Gasteiger partial charge is 0.318 e. The molecule has 0 aliphatic carbocycles. The van der Waals surface area contributed by atoms with Crippen LogP contribution in [0.15, 0.2) is 0 Å². The minimum Gasteiger partial charge on any atom is -0.468 e. The van der Waals surface area contributed by atoms with Gasteiger partial charge in [0.2, 0.25) is 5.91 Å². The van der Waals surface area contributed by atoms with Crippen LogP contribution in [0, 0.1) is 5.92 Å². The summed E-state index contributed by atoms with van der Waals surface area (Å²) in [5, 5.41) is 2.70. The highest BCUT2D eigenvalue weighted by Crippen LogP contribution is 2.16. The number of ether oxygens (including phenoxy) is 1. The number of methoxy groups -OCH3 is 1. The molecule has 1 aliphatic heterocycles. The predicted molar refractivity (Wildman–Crippen MR) is 42.3 cm³/mol. The molecule has 0 saturated carbocycles. The van der Waals surface area contributed by atoms with Gasteiger partial charge in [0.15, 0.2) is 0 Å². The number of hydrogen-bond donors (Lipinski definition) is 1. The first-order valence-electron chi connectivity index (χ1n) is 4.03. The molecule has 1 rings (SSSR count). The van der Waals surface area contributed by atoms with Crippen molar-refractivity contribution in [3.63, 3.8) is 0 Å². The van der Waals surface area contributed by atoms with Crippen LogP contribution in [0.1, 0.15) is 19.8 Å². The summed E-state index contributed by atoms with van der Waals surface area (Å²) >= 11 is 0. The highest BCUT2D eigenvalue weighted by Gasteiger charge is 2.32. The van der Waals surface area contributed by atoms with Gasteiger partial charge in [0.25, 0.3) is 0 Å². The molecule has 2 atom stereocenters. The fourth-order valence-corrected chi connectivity index (χ4v) is 1.33. The van der Waals surface area contributed by atoms with E-state index in [1.54, 1.807) is 0 Å². The molecule has 1 fully saturated rings. The molecule has 0 bridgehead atoms. The van der Waals surface area contributed by atoms with Gasteiger partial charge in [-0.2, -0.15) is 0 Å². The average Bonchev–Trinajstić information content (AvgIpc) is 2.03. The van der Waals surface area contributed by atoms with Crippen molar-refractivity contribution in [1.29, 1.82) is 0 Å². The van der Waals surface area contributed by atoms with Crippen LogP contribution in [0.3, 0.4) is 0 Å². The van der Waals surface area contributed by atoms with E-state index in [0.29, 0.717) is 6.42 Å². The third-order valence-electron chi connectivity index (χ3n) is 2.08. The molecule has 0 aromatic carbocycles. The first kappa shape index (κ1) is 9.03. The van der Waals surface area contributed by atoms with Gasteiger partial charge in [-0.05, 0) is 19.8 Å². The van der Waals surface area contributed by atoms with Crippen molar-refractivity contribution in [3.8, 4) is 0 Å². The Hall–Kier alpha value is -1.06. The van der Waals surface area contributed by atoms with Crippen molar-refractivity contribution in [2.24, 2.45) is 5.92 Å². The van der Waals surface area contributed by atoms with E-state index in [1.165, 1.54) is 7.11 Å². The van der Waals surface area contributed by atoms with Crippen LogP contribution in [-0.4, -0.2) is 25.0 Å². The van der Waals surface area contributed by atoms with E-state index in [4.69, 9.17) is 0 Å². The van der Waals surface area contributed by atoms with Gasteiger partial charge in [-0.1, -0.05) is 0 Å². The van der Waals surface area contributed by atoms with Crippen molar-refractivity contribution in [2.45, 2.75) is 25.8 Å². The summed E-state index contributed by atoms with van der Waals surface area (Å²) in [6, 6.07) is 0.179. The van der Waals surface area contributed by atoms with E-state index in [0.717, 1.165) is 6.42 Å². The van der Waals surface area contributed by atoms with Gasteiger partial charge in [-0.3, -0.25) is 9.59 Å². The Bertz CT molecular complexity index is 202. The number of carbonyl (C=O) groups excluding carboxylic acids is 2. The summed E-state index contributed by atoms with van der Waals surface area (Å²) in [7, 11) is 1.30. The van der Waals surface area contributed by atoms with Gasteiger partial charge in [0.1, 0.15) is 5.92 Å². The Morgan fingerprint density at radius 1 is 1.58 bits per heavy atom. The molecule has 12 heavy (non-hydrogen) atoms. The summed E-state index contributed by atoms with van der Waals surface area (Å²) in [6.45, 7) is 1.92. The van der Waals surface area contributed by atoms with Crippen molar-refractivity contribution in [2.75, 3.05) is 7.11 Å². The number of hydrogen-bond acceptors (Lipinski definition) is 3. The number of amides is 1. The van der Waals surface area contributed by atoms with Gasteiger partial charge in [-0.25, -0.2) is 0 Å². The molecule has 0 unspecified atom stereocenters. The zero-order chi connectivity index (χ0) is 9.14. The predicted octanol–water partition coefficient (Wildman–Crippen LogP) is 0.0741. The standard InChI is InChI=1S/C8H13NO3/c1-5-3-4-6(7(10)9-5)8(11)12-2/h5-6H,3-4H2,1-2H3,(H,9,10)/t5-,6+/m1/s1. The molecule has 4 nitrogen and oxygen atoms in total. The summed E-state index contributed by atoms with van der Waals surface area (Å²) in [4.78, 5) is 22.2. The van der Waals surface area contributed by atoms with E-state index in [1.807, 2.05) is 6.92 Å². The summed E-state index contributed by atoms with van der Waals surface area (Å²) in [5.41, 5.74) is 0. The summed E-state index contributed by atoms with van der Waals surface area (Å²) in [6.07, 6.45) is 1.44. The maximum absolute atomic E-state index is 11.2. The largest absolute Gasteiger partial charge is 0.468 e. The summed E-state index contributed by atoms with van der Waals surface area (Å²) in [5.74, 6) is -1.23. The molecular weight excluding hydrogens is 158 g/mol. The average molecular weight is 171 g/mol. The molecule has 0 aromatic heterocycles. The Kier molecular flexibility index (Phi) is 2.68. The molecule has 1 amide bonds. The summed E-state index contributed by atoms with van der Waals surface area (Å²) < 4.78 is 4.50.